The Bertz CT molecular complexity index is 570. The van der Waals surface area contributed by atoms with Crippen molar-refractivity contribution in [3.8, 4) is 0 Å². The summed E-state index contributed by atoms with van der Waals surface area (Å²) in [6.07, 6.45) is 1.99. The summed E-state index contributed by atoms with van der Waals surface area (Å²) in [4.78, 5) is 2.37. The molecule has 1 aromatic rings. The Balaban J connectivity index is 2.20. The molecule has 5 nitrogen and oxygen atoms in total. The van der Waals surface area contributed by atoms with Crippen molar-refractivity contribution in [1.29, 1.82) is 0 Å². The number of nitrogens with zero attached hydrogens (tertiary/aromatic N) is 2. The third kappa shape index (κ3) is 3.31. The number of benzene rings is 1. The Morgan fingerprint density at radius 2 is 1.95 bits per heavy atom. The van der Waals surface area contributed by atoms with Crippen LogP contribution in [0.25, 0.3) is 0 Å². The monoisotopic (exact) mass is 297 g/mol. The molecule has 0 atom stereocenters. The second-order valence-electron chi connectivity index (χ2n) is 5.48. The number of rotatable bonds is 5. The summed E-state index contributed by atoms with van der Waals surface area (Å²) in [6.45, 7) is 2.16. The predicted octanol–water partition coefficient (Wildman–Crippen LogP) is 1.23. The Morgan fingerprint density at radius 1 is 1.20 bits per heavy atom. The predicted molar refractivity (Wildman–Crippen MR) is 81.6 cm³/mol. The fourth-order valence-corrected chi connectivity index (χ4v) is 3.47. The summed E-state index contributed by atoms with van der Waals surface area (Å²) in [5.74, 6) is 0. The van der Waals surface area contributed by atoms with E-state index >= 15 is 0 Å². The molecule has 0 saturated carbocycles. The second kappa shape index (κ2) is 6.11. The summed E-state index contributed by atoms with van der Waals surface area (Å²) in [6, 6.07) is 5.38. The first-order valence-corrected chi connectivity index (χ1v) is 8.33. The highest BCUT2D eigenvalue weighted by atomic mass is 32.2. The molecule has 0 fully saturated rings. The molecule has 112 valence electrons. The topological polar surface area (TPSA) is 52.7 Å². The molecule has 0 bridgehead atoms. The van der Waals surface area contributed by atoms with Crippen LogP contribution >= 0.6 is 0 Å². The van der Waals surface area contributed by atoms with Crippen molar-refractivity contribution in [2.45, 2.75) is 17.7 Å². The maximum atomic E-state index is 12.5. The number of anilines is 1. The van der Waals surface area contributed by atoms with Gasteiger partial charge in [-0.25, -0.2) is 8.42 Å². The first-order valence-electron chi connectivity index (χ1n) is 6.89. The summed E-state index contributed by atoms with van der Waals surface area (Å²) in [7, 11) is 2.12. The van der Waals surface area contributed by atoms with Crippen molar-refractivity contribution < 1.29 is 8.42 Å². The zero-order valence-corrected chi connectivity index (χ0v) is 13.2. The third-order valence-corrected chi connectivity index (χ3v) is 5.44. The van der Waals surface area contributed by atoms with Gasteiger partial charge in [-0.15, -0.1) is 0 Å². The summed E-state index contributed by atoms with van der Waals surface area (Å²) >= 11 is 0. The van der Waals surface area contributed by atoms with Crippen LogP contribution in [0.5, 0.6) is 0 Å². The molecule has 6 heteroatoms. The minimum Gasteiger partial charge on any atom is -0.385 e. The van der Waals surface area contributed by atoms with E-state index in [0.717, 1.165) is 30.6 Å². The summed E-state index contributed by atoms with van der Waals surface area (Å²) in [5, 5.41) is 3.30. The quantitative estimate of drug-likeness (QED) is 0.888. The molecule has 0 radical (unpaired) electrons. The molecule has 1 aromatic carbocycles. The van der Waals surface area contributed by atoms with Gasteiger partial charge < -0.3 is 10.2 Å². The molecule has 20 heavy (non-hydrogen) atoms. The molecule has 0 spiro atoms. The van der Waals surface area contributed by atoms with Gasteiger partial charge in [0.25, 0.3) is 0 Å². The number of nitrogens with one attached hydrogen (secondary N) is 1. The molecule has 1 N–H and O–H groups in total. The molecule has 1 heterocycles. The van der Waals surface area contributed by atoms with Crippen LogP contribution in [-0.4, -0.2) is 58.4 Å². The molecule has 0 aliphatic carbocycles. The first-order chi connectivity index (χ1) is 9.41. The fraction of sp³-hybridized carbons (Fsp3) is 0.571. The van der Waals surface area contributed by atoms with E-state index in [-0.39, 0.29) is 0 Å². The molecule has 2 rings (SSSR count). The lowest BCUT2D eigenvalue weighted by Crippen LogP contribution is -2.33. The highest BCUT2D eigenvalue weighted by Crippen LogP contribution is 2.26. The van der Waals surface area contributed by atoms with E-state index in [0.29, 0.717) is 18.0 Å². The van der Waals surface area contributed by atoms with Gasteiger partial charge in [-0.1, -0.05) is 0 Å². The minimum atomic E-state index is -3.39. The zero-order valence-electron chi connectivity index (χ0n) is 12.4. The van der Waals surface area contributed by atoms with Crippen LogP contribution in [0.3, 0.4) is 0 Å². The number of hydrogen-bond donors (Lipinski definition) is 1. The molecule has 0 aromatic heterocycles. The molecule has 1 aliphatic rings. The van der Waals surface area contributed by atoms with E-state index in [1.54, 1.807) is 13.1 Å². The average Bonchev–Trinajstić information content (AvgIpc) is 2.44. The molecule has 0 saturated heterocycles. The van der Waals surface area contributed by atoms with Crippen LogP contribution in [-0.2, 0) is 16.4 Å². The Morgan fingerprint density at radius 3 is 2.65 bits per heavy atom. The number of fused-ring (bicyclic) bond motifs is 1. The van der Waals surface area contributed by atoms with Gasteiger partial charge in [-0.05, 0) is 50.7 Å². The van der Waals surface area contributed by atoms with Crippen molar-refractivity contribution in [3.63, 3.8) is 0 Å². The number of sulfonamides is 1. The van der Waals surface area contributed by atoms with Crippen molar-refractivity contribution in [2.24, 2.45) is 0 Å². The Labute approximate surface area is 121 Å². The van der Waals surface area contributed by atoms with E-state index < -0.39 is 10.0 Å². The van der Waals surface area contributed by atoms with Crippen molar-refractivity contribution in [1.82, 2.24) is 9.21 Å². The number of aryl methyl sites for hydroxylation is 1. The van der Waals surface area contributed by atoms with Crippen LogP contribution in [0.15, 0.2) is 23.1 Å². The molecule has 0 unspecified atom stereocenters. The normalized spacial score (nSPS) is 15.2. The van der Waals surface area contributed by atoms with E-state index in [9.17, 15) is 8.42 Å². The number of hydrogen-bond acceptors (Lipinski definition) is 4. The van der Waals surface area contributed by atoms with Crippen LogP contribution in [0, 0.1) is 0 Å². The number of likely N-dealkylation sites (N-methyl/N-ethyl adjacent to an activating group) is 2. The molecular weight excluding hydrogens is 274 g/mol. The van der Waals surface area contributed by atoms with E-state index in [1.807, 2.05) is 31.1 Å². The standard InChI is InChI=1S/C14H23N3O2S/c1-16(2)9-10-17(3)20(18,19)13-6-7-14-12(11-13)5-4-8-15-14/h6-7,11,15H,4-5,8-10H2,1-3H3. The van der Waals surface area contributed by atoms with Crippen molar-refractivity contribution in [2.75, 3.05) is 46.1 Å². The van der Waals surface area contributed by atoms with E-state index in [2.05, 4.69) is 5.32 Å². The largest absolute Gasteiger partial charge is 0.385 e. The fourth-order valence-electron chi connectivity index (χ4n) is 2.25. The van der Waals surface area contributed by atoms with Crippen molar-refractivity contribution >= 4 is 15.7 Å². The van der Waals surface area contributed by atoms with Gasteiger partial charge in [-0.3, -0.25) is 0 Å². The van der Waals surface area contributed by atoms with Crippen LogP contribution < -0.4 is 5.32 Å². The van der Waals surface area contributed by atoms with Crippen LogP contribution in [0.1, 0.15) is 12.0 Å². The third-order valence-electron chi connectivity index (χ3n) is 3.59. The van der Waals surface area contributed by atoms with Gasteiger partial charge in [0, 0.05) is 32.4 Å². The first kappa shape index (κ1) is 15.3. The van der Waals surface area contributed by atoms with Gasteiger partial charge in [-0.2, -0.15) is 4.31 Å². The lowest BCUT2D eigenvalue weighted by Gasteiger charge is -2.22. The van der Waals surface area contributed by atoms with Crippen molar-refractivity contribution in [3.05, 3.63) is 23.8 Å². The van der Waals surface area contributed by atoms with Gasteiger partial charge >= 0.3 is 0 Å². The second-order valence-corrected chi connectivity index (χ2v) is 7.52. The smallest absolute Gasteiger partial charge is 0.242 e. The lowest BCUT2D eigenvalue weighted by atomic mass is 10.0. The summed E-state index contributed by atoms with van der Waals surface area (Å²) in [5.41, 5.74) is 2.16. The van der Waals surface area contributed by atoms with Gasteiger partial charge in [0.1, 0.15) is 0 Å². The summed E-state index contributed by atoms with van der Waals surface area (Å²) < 4.78 is 26.5. The van der Waals surface area contributed by atoms with E-state index in [1.165, 1.54) is 4.31 Å². The van der Waals surface area contributed by atoms with Crippen LogP contribution in [0.4, 0.5) is 5.69 Å². The Kier molecular flexibility index (Phi) is 4.67. The highest BCUT2D eigenvalue weighted by molar-refractivity contribution is 7.89. The minimum absolute atomic E-state index is 0.390. The van der Waals surface area contributed by atoms with Gasteiger partial charge in [0.15, 0.2) is 0 Å². The van der Waals surface area contributed by atoms with E-state index in [4.69, 9.17) is 0 Å². The van der Waals surface area contributed by atoms with Gasteiger partial charge in [0.05, 0.1) is 4.90 Å². The zero-order chi connectivity index (χ0) is 14.8. The molecule has 1 aliphatic heterocycles. The molecular formula is C14H23N3O2S. The SMILES string of the molecule is CN(C)CCN(C)S(=O)(=O)c1ccc2c(c1)CCCN2. The Hall–Kier alpha value is -1.11. The average molecular weight is 297 g/mol. The maximum absolute atomic E-state index is 12.5. The van der Waals surface area contributed by atoms with Gasteiger partial charge in [0.2, 0.25) is 10.0 Å². The molecule has 0 amide bonds. The van der Waals surface area contributed by atoms with Crippen LogP contribution in [0.2, 0.25) is 0 Å². The lowest BCUT2D eigenvalue weighted by molar-refractivity contribution is 0.358. The maximum Gasteiger partial charge on any atom is 0.242 e. The highest BCUT2D eigenvalue weighted by Gasteiger charge is 2.22.